The van der Waals surface area contributed by atoms with E-state index >= 15 is 0 Å². The molecule has 32 heavy (non-hydrogen) atoms. The third kappa shape index (κ3) is 7.77. The van der Waals surface area contributed by atoms with Crippen molar-refractivity contribution in [3.05, 3.63) is 28.7 Å². The summed E-state index contributed by atoms with van der Waals surface area (Å²) in [5.74, 6) is 0. The third-order valence-electron chi connectivity index (χ3n) is 6.93. The number of likely N-dealkylation sites (tertiary alicyclic amines) is 1. The molecule has 2 aliphatic rings. The summed E-state index contributed by atoms with van der Waals surface area (Å²) >= 11 is 3.36. The molecule has 1 saturated heterocycles. The lowest BCUT2D eigenvalue weighted by molar-refractivity contribution is 0.0155. The fourth-order valence-electron chi connectivity index (χ4n) is 4.73. The van der Waals surface area contributed by atoms with Crippen molar-refractivity contribution in [3.63, 3.8) is 0 Å². The SMILES string of the molecule is CN(C1CCC(OCCCCCCN2CCC(O)CC2)CC1)S(=O)(=O)c1ccc(Br)cc1. The highest BCUT2D eigenvalue weighted by atomic mass is 79.9. The van der Waals surface area contributed by atoms with Crippen LogP contribution >= 0.6 is 15.9 Å². The first-order valence-corrected chi connectivity index (χ1v) is 14.3. The van der Waals surface area contributed by atoms with Gasteiger partial charge < -0.3 is 14.7 Å². The fraction of sp³-hybridized carbons (Fsp3) is 0.750. The monoisotopic (exact) mass is 530 g/mol. The number of nitrogens with zero attached hydrogens (tertiary/aromatic N) is 2. The summed E-state index contributed by atoms with van der Waals surface area (Å²) < 4.78 is 34.3. The van der Waals surface area contributed by atoms with Crippen molar-refractivity contribution in [3.8, 4) is 0 Å². The molecule has 0 radical (unpaired) electrons. The van der Waals surface area contributed by atoms with E-state index in [2.05, 4.69) is 20.8 Å². The lowest BCUT2D eigenvalue weighted by Crippen LogP contribution is -2.40. The predicted molar refractivity (Wildman–Crippen MR) is 131 cm³/mol. The molecule has 2 fully saturated rings. The van der Waals surface area contributed by atoms with Crippen molar-refractivity contribution in [2.75, 3.05) is 33.3 Å². The number of rotatable bonds is 11. The normalized spacial score (nSPS) is 23.6. The molecule has 1 aliphatic heterocycles. The highest BCUT2D eigenvalue weighted by Gasteiger charge is 2.31. The Morgan fingerprint density at radius 3 is 2.28 bits per heavy atom. The Morgan fingerprint density at radius 1 is 1.00 bits per heavy atom. The van der Waals surface area contributed by atoms with Crippen molar-refractivity contribution >= 4 is 26.0 Å². The molecule has 182 valence electrons. The molecule has 6 nitrogen and oxygen atoms in total. The van der Waals surface area contributed by atoms with Crippen LogP contribution in [0.3, 0.4) is 0 Å². The minimum Gasteiger partial charge on any atom is -0.393 e. The number of hydrogen-bond acceptors (Lipinski definition) is 5. The smallest absolute Gasteiger partial charge is 0.243 e. The Bertz CT molecular complexity index is 774. The van der Waals surface area contributed by atoms with Crippen LogP contribution in [0, 0.1) is 0 Å². The number of aliphatic hydroxyl groups is 1. The van der Waals surface area contributed by atoms with E-state index < -0.39 is 10.0 Å². The average Bonchev–Trinajstić information content (AvgIpc) is 2.80. The maximum absolute atomic E-state index is 12.9. The van der Waals surface area contributed by atoms with Crippen LogP contribution in [0.5, 0.6) is 0 Å². The van der Waals surface area contributed by atoms with E-state index in [1.165, 1.54) is 19.3 Å². The van der Waals surface area contributed by atoms with E-state index in [9.17, 15) is 13.5 Å². The van der Waals surface area contributed by atoms with Gasteiger partial charge in [0.05, 0.1) is 17.1 Å². The summed E-state index contributed by atoms with van der Waals surface area (Å²) in [5.41, 5.74) is 0. The molecule has 3 rings (SSSR count). The van der Waals surface area contributed by atoms with Gasteiger partial charge in [-0.3, -0.25) is 0 Å². The maximum atomic E-state index is 12.9. The second-order valence-corrected chi connectivity index (χ2v) is 12.2. The number of aliphatic hydroxyl groups excluding tert-OH is 1. The average molecular weight is 532 g/mol. The molecule has 0 spiro atoms. The van der Waals surface area contributed by atoms with Crippen LogP contribution in [0.4, 0.5) is 0 Å². The largest absolute Gasteiger partial charge is 0.393 e. The Hall–Kier alpha value is -0.510. The van der Waals surface area contributed by atoms with Gasteiger partial charge in [-0.25, -0.2) is 8.42 Å². The Labute approximate surface area is 202 Å². The van der Waals surface area contributed by atoms with Gasteiger partial charge in [0, 0.05) is 37.3 Å². The standard InChI is InChI=1S/C24H39BrN2O4S/c1-26(32(29,30)24-12-6-20(25)7-13-24)21-8-10-23(11-9-21)31-19-5-3-2-4-16-27-17-14-22(28)15-18-27/h6-7,12-13,21-23,28H,2-5,8-11,14-19H2,1H3. The number of unbranched alkanes of at least 4 members (excludes halogenated alkanes) is 3. The number of sulfonamides is 1. The van der Waals surface area contributed by atoms with Crippen molar-refractivity contribution in [1.29, 1.82) is 0 Å². The fourth-order valence-corrected chi connectivity index (χ4v) is 6.41. The number of benzene rings is 1. The van der Waals surface area contributed by atoms with Gasteiger partial charge in [0.15, 0.2) is 0 Å². The van der Waals surface area contributed by atoms with Gasteiger partial charge in [-0.1, -0.05) is 28.8 Å². The Kier molecular flexibility index (Phi) is 10.5. The summed E-state index contributed by atoms with van der Waals surface area (Å²) in [6.45, 7) is 4.02. The van der Waals surface area contributed by atoms with Crippen molar-refractivity contribution < 1.29 is 18.3 Å². The molecular formula is C24H39BrN2O4S. The molecule has 0 amide bonds. The predicted octanol–water partition coefficient (Wildman–Crippen LogP) is 4.41. The minimum atomic E-state index is -3.46. The Morgan fingerprint density at radius 2 is 1.62 bits per heavy atom. The minimum absolute atomic E-state index is 0.0411. The van der Waals surface area contributed by atoms with Crippen molar-refractivity contribution in [2.24, 2.45) is 0 Å². The number of ether oxygens (including phenoxy) is 1. The van der Waals surface area contributed by atoms with Gasteiger partial charge in [-0.05, 0) is 82.2 Å². The molecule has 1 aliphatic carbocycles. The molecule has 0 bridgehead atoms. The zero-order chi connectivity index (χ0) is 23.0. The molecule has 0 unspecified atom stereocenters. The second-order valence-electron chi connectivity index (χ2n) is 9.26. The second kappa shape index (κ2) is 12.8. The molecule has 1 saturated carbocycles. The lowest BCUT2D eigenvalue weighted by Gasteiger charge is -2.34. The van der Waals surface area contributed by atoms with E-state index in [0.717, 1.165) is 75.7 Å². The first-order valence-electron chi connectivity index (χ1n) is 12.1. The van der Waals surface area contributed by atoms with Crippen LogP contribution in [0.2, 0.25) is 0 Å². The van der Waals surface area contributed by atoms with Crippen LogP contribution in [0.25, 0.3) is 0 Å². The first-order chi connectivity index (χ1) is 15.4. The van der Waals surface area contributed by atoms with Crippen LogP contribution < -0.4 is 0 Å². The van der Waals surface area contributed by atoms with Crippen molar-refractivity contribution in [1.82, 2.24) is 9.21 Å². The van der Waals surface area contributed by atoms with E-state index in [0.29, 0.717) is 4.90 Å². The highest BCUT2D eigenvalue weighted by Crippen LogP contribution is 2.28. The summed E-state index contributed by atoms with van der Waals surface area (Å²) in [5, 5.41) is 9.56. The molecular weight excluding hydrogens is 492 g/mol. The van der Waals surface area contributed by atoms with E-state index in [4.69, 9.17) is 4.74 Å². The zero-order valence-corrected chi connectivity index (χ0v) is 21.7. The van der Waals surface area contributed by atoms with E-state index in [1.807, 2.05) is 0 Å². The quantitative estimate of drug-likeness (QED) is 0.429. The van der Waals surface area contributed by atoms with Gasteiger partial charge in [-0.15, -0.1) is 0 Å². The summed E-state index contributed by atoms with van der Waals surface area (Å²) in [6, 6.07) is 6.89. The lowest BCUT2D eigenvalue weighted by atomic mass is 9.93. The van der Waals surface area contributed by atoms with Gasteiger partial charge in [0.25, 0.3) is 0 Å². The third-order valence-corrected chi connectivity index (χ3v) is 9.38. The van der Waals surface area contributed by atoms with E-state index in [-0.39, 0.29) is 18.2 Å². The number of hydrogen-bond donors (Lipinski definition) is 1. The summed E-state index contributed by atoms with van der Waals surface area (Å²) in [6.07, 6.45) is 10.3. The van der Waals surface area contributed by atoms with E-state index in [1.54, 1.807) is 35.6 Å². The molecule has 1 aromatic rings. The first kappa shape index (κ1) is 26.1. The van der Waals surface area contributed by atoms with Gasteiger partial charge in [0.2, 0.25) is 10.0 Å². The van der Waals surface area contributed by atoms with Crippen LogP contribution in [-0.4, -0.2) is 74.3 Å². The summed E-state index contributed by atoms with van der Waals surface area (Å²) in [4.78, 5) is 2.81. The Balaban J connectivity index is 1.27. The van der Waals surface area contributed by atoms with Crippen LogP contribution in [0.1, 0.15) is 64.2 Å². The molecule has 1 N–H and O–H groups in total. The molecule has 8 heteroatoms. The van der Waals surface area contributed by atoms with Gasteiger partial charge in [-0.2, -0.15) is 4.31 Å². The van der Waals surface area contributed by atoms with Crippen LogP contribution in [0.15, 0.2) is 33.6 Å². The topological polar surface area (TPSA) is 70.1 Å². The molecule has 1 aromatic carbocycles. The van der Waals surface area contributed by atoms with Crippen LogP contribution in [-0.2, 0) is 14.8 Å². The maximum Gasteiger partial charge on any atom is 0.243 e. The van der Waals surface area contributed by atoms with Gasteiger partial charge >= 0.3 is 0 Å². The van der Waals surface area contributed by atoms with Crippen molar-refractivity contribution in [2.45, 2.75) is 87.4 Å². The van der Waals surface area contributed by atoms with Gasteiger partial charge in [0.1, 0.15) is 0 Å². The number of halogens is 1. The highest BCUT2D eigenvalue weighted by molar-refractivity contribution is 9.10. The molecule has 0 aromatic heterocycles. The summed E-state index contributed by atoms with van der Waals surface area (Å²) in [7, 11) is -1.75. The zero-order valence-electron chi connectivity index (χ0n) is 19.3. The number of piperidine rings is 1. The molecule has 0 atom stereocenters. The molecule has 1 heterocycles.